The number of esters is 1. The number of likely N-dealkylation sites (tertiary alicyclic amines) is 1. The highest BCUT2D eigenvalue weighted by Crippen LogP contribution is 2.25. The first kappa shape index (κ1) is 16.3. The highest BCUT2D eigenvalue weighted by atomic mass is 16.5. The lowest BCUT2D eigenvalue weighted by molar-refractivity contribution is -0.145. The smallest absolute Gasteiger partial charge is 0.328 e. The van der Waals surface area contributed by atoms with Crippen molar-refractivity contribution < 1.29 is 14.3 Å². The highest BCUT2D eigenvalue weighted by molar-refractivity contribution is 6.08. The number of nitrogens with zero attached hydrogens (tertiary/aromatic N) is 1. The molecule has 1 amide bonds. The zero-order valence-electron chi connectivity index (χ0n) is 14.3. The van der Waals surface area contributed by atoms with Crippen molar-refractivity contribution in [1.82, 2.24) is 9.88 Å². The number of fused-ring (bicyclic) bond motifs is 3. The summed E-state index contributed by atoms with van der Waals surface area (Å²) in [4.78, 5) is 41.5. The summed E-state index contributed by atoms with van der Waals surface area (Å²) in [5, 5.41) is 2.34. The summed E-state index contributed by atoms with van der Waals surface area (Å²) in [6, 6.07) is 12.1. The molecule has 1 N–H and O–H groups in total. The summed E-state index contributed by atoms with van der Waals surface area (Å²) in [5.74, 6) is -0.621. The van der Waals surface area contributed by atoms with Gasteiger partial charge < -0.3 is 14.6 Å². The quantitative estimate of drug-likeness (QED) is 0.569. The van der Waals surface area contributed by atoms with Gasteiger partial charge in [0.15, 0.2) is 0 Å². The van der Waals surface area contributed by atoms with Gasteiger partial charge in [-0.05, 0) is 36.4 Å². The van der Waals surface area contributed by atoms with Gasteiger partial charge in [0.1, 0.15) is 6.04 Å². The lowest BCUT2D eigenvalue weighted by Crippen LogP contribution is -2.41. The summed E-state index contributed by atoms with van der Waals surface area (Å²) in [5.41, 5.74) is 0.860. The predicted octanol–water partition coefficient (Wildman–Crippen LogP) is 2.46. The Bertz CT molecular complexity index is 1090. The molecule has 6 heteroatoms. The first-order valence-corrected chi connectivity index (χ1v) is 8.54. The number of amides is 1. The van der Waals surface area contributed by atoms with Crippen molar-refractivity contribution in [3.63, 3.8) is 0 Å². The molecule has 1 aliphatic rings. The molecule has 0 radical (unpaired) electrons. The number of ether oxygens (including phenoxy) is 1. The topological polar surface area (TPSA) is 79.5 Å². The summed E-state index contributed by atoms with van der Waals surface area (Å²) in [6.07, 6.45) is 1.37. The molecule has 0 bridgehead atoms. The molecule has 0 aliphatic carbocycles. The van der Waals surface area contributed by atoms with Crippen LogP contribution >= 0.6 is 0 Å². The number of hydrogen-bond donors (Lipinski definition) is 1. The van der Waals surface area contributed by atoms with Gasteiger partial charge in [-0.1, -0.05) is 24.3 Å². The highest BCUT2D eigenvalue weighted by Gasteiger charge is 2.35. The van der Waals surface area contributed by atoms with Crippen LogP contribution in [0, 0.1) is 0 Å². The maximum Gasteiger partial charge on any atom is 0.328 e. The first-order valence-electron chi connectivity index (χ1n) is 8.54. The molecule has 132 valence electrons. The molecule has 1 saturated heterocycles. The molecule has 1 fully saturated rings. The molecule has 26 heavy (non-hydrogen) atoms. The van der Waals surface area contributed by atoms with Crippen LogP contribution in [0.2, 0.25) is 0 Å². The molecule has 6 nitrogen and oxygen atoms in total. The summed E-state index contributed by atoms with van der Waals surface area (Å²) in [6.45, 7) is 0.519. The van der Waals surface area contributed by atoms with Gasteiger partial charge in [-0.3, -0.25) is 9.59 Å². The minimum Gasteiger partial charge on any atom is -0.467 e. The van der Waals surface area contributed by atoms with Crippen molar-refractivity contribution in [3.05, 3.63) is 58.4 Å². The molecule has 4 rings (SSSR count). The number of carbonyl (C=O) groups is 2. The fourth-order valence-electron chi connectivity index (χ4n) is 3.68. The zero-order valence-corrected chi connectivity index (χ0v) is 14.3. The van der Waals surface area contributed by atoms with Crippen molar-refractivity contribution in [2.45, 2.75) is 18.9 Å². The van der Waals surface area contributed by atoms with E-state index in [1.807, 2.05) is 24.3 Å². The Morgan fingerprint density at radius 3 is 2.65 bits per heavy atom. The van der Waals surface area contributed by atoms with Crippen LogP contribution in [0.1, 0.15) is 23.2 Å². The summed E-state index contributed by atoms with van der Waals surface area (Å²) >= 11 is 0. The number of nitrogens with one attached hydrogen (secondary N) is 1. The Kier molecular flexibility index (Phi) is 3.95. The lowest BCUT2D eigenvalue weighted by atomic mass is 10.0. The van der Waals surface area contributed by atoms with Gasteiger partial charge in [0.05, 0.1) is 7.11 Å². The number of pyridine rings is 1. The van der Waals surface area contributed by atoms with Gasteiger partial charge in [0.25, 0.3) is 11.5 Å². The third-order valence-electron chi connectivity index (χ3n) is 4.96. The molecule has 1 unspecified atom stereocenters. The molecule has 0 spiro atoms. The fourth-order valence-corrected chi connectivity index (χ4v) is 3.68. The Hall–Kier alpha value is -3.15. The van der Waals surface area contributed by atoms with E-state index in [1.54, 1.807) is 23.1 Å². The number of aromatic amines is 1. The number of carbonyl (C=O) groups excluding carboxylic acids is 2. The number of H-pyrrole nitrogens is 1. The third-order valence-corrected chi connectivity index (χ3v) is 4.96. The second-order valence-electron chi connectivity index (χ2n) is 6.44. The normalized spacial score (nSPS) is 17.0. The van der Waals surface area contributed by atoms with Crippen molar-refractivity contribution in [1.29, 1.82) is 0 Å². The standard InChI is InChI=1S/C20H18N2O4/c1-26-20(25)17-7-4-10-22(17)19(24)12-8-9-14-13-5-2-3-6-15(13)18(23)21-16(14)11-12/h2-3,5-6,8-9,11,17H,4,7,10H2,1H3,(H,21,23). The zero-order chi connectivity index (χ0) is 18.3. The second-order valence-corrected chi connectivity index (χ2v) is 6.44. The second kappa shape index (κ2) is 6.29. The van der Waals surface area contributed by atoms with E-state index >= 15 is 0 Å². The molecular weight excluding hydrogens is 332 g/mol. The van der Waals surface area contributed by atoms with Gasteiger partial charge in [0.2, 0.25) is 0 Å². The van der Waals surface area contributed by atoms with E-state index in [4.69, 9.17) is 4.74 Å². The molecule has 2 heterocycles. The molecule has 1 aliphatic heterocycles. The Labute approximate surface area is 149 Å². The lowest BCUT2D eigenvalue weighted by Gasteiger charge is -2.22. The number of methoxy groups -OCH3 is 1. The molecule has 2 aromatic carbocycles. The Morgan fingerprint density at radius 1 is 1.12 bits per heavy atom. The van der Waals surface area contributed by atoms with Crippen LogP contribution in [-0.4, -0.2) is 41.5 Å². The van der Waals surface area contributed by atoms with E-state index in [-0.39, 0.29) is 11.5 Å². The van der Waals surface area contributed by atoms with Crippen molar-refractivity contribution in [2.75, 3.05) is 13.7 Å². The van der Waals surface area contributed by atoms with Crippen LogP contribution in [0.3, 0.4) is 0 Å². The van der Waals surface area contributed by atoms with E-state index in [0.29, 0.717) is 29.4 Å². The summed E-state index contributed by atoms with van der Waals surface area (Å²) < 4.78 is 4.80. The molecule has 1 aromatic heterocycles. The molecule has 1 atom stereocenters. The van der Waals surface area contributed by atoms with Crippen molar-refractivity contribution in [3.8, 4) is 0 Å². The SMILES string of the molecule is COC(=O)C1CCCN1C(=O)c1ccc2c(c1)[nH]c(=O)c1ccccc12. The van der Waals surface area contributed by atoms with Crippen LogP contribution in [-0.2, 0) is 9.53 Å². The molecular formula is C20H18N2O4. The number of rotatable bonds is 2. The minimum absolute atomic E-state index is 0.189. The Morgan fingerprint density at radius 2 is 1.88 bits per heavy atom. The van der Waals surface area contributed by atoms with E-state index in [9.17, 15) is 14.4 Å². The Balaban J connectivity index is 1.78. The monoisotopic (exact) mass is 350 g/mol. The maximum absolute atomic E-state index is 12.9. The van der Waals surface area contributed by atoms with Crippen LogP contribution in [0.25, 0.3) is 21.7 Å². The number of hydrogen-bond acceptors (Lipinski definition) is 4. The van der Waals surface area contributed by atoms with Gasteiger partial charge in [-0.15, -0.1) is 0 Å². The van der Waals surface area contributed by atoms with E-state index < -0.39 is 12.0 Å². The van der Waals surface area contributed by atoms with Crippen LogP contribution in [0.15, 0.2) is 47.3 Å². The predicted molar refractivity (Wildman–Crippen MR) is 98.1 cm³/mol. The number of aromatic nitrogens is 1. The first-order chi connectivity index (χ1) is 12.6. The maximum atomic E-state index is 12.9. The average Bonchev–Trinajstić information content (AvgIpc) is 3.16. The fraction of sp³-hybridized carbons (Fsp3) is 0.250. The van der Waals surface area contributed by atoms with Crippen molar-refractivity contribution >= 4 is 33.6 Å². The van der Waals surface area contributed by atoms with Gasteiger partial charge >= 0.3 is 5.97 Å². The largest absolute Gasteiger partial charge is 0.467 e. The third kappa shape index (κ3) is 2.54. The van der Waals surface area contributed by atoms with Gasteiger partial charge in [-0.25, -0.2) is 4.79 Å². The molecule has 3 aromatic rings. The van der Waals surface area contributed by atoms with E-state index in [1.165, 1.54) is 7.11 Å². The average molecular weight is 350 g/mol. The van der Waals surface area contributed by atoms with Crippen LogP contribution in [0.4, 0.5) is 0 Å². The molecule has 0 saturated carbocycles. The van der Waals surface area contributed by atoms with Crippen LogP contribution in [0.5, 0.6) is 0 Å². The summed E-state index contributed by atoms with van der Waals surface area (Å²) in [7, 11) is 1.33. The minimum atomic E-state index is -0.543. The van der Waals surface area contributed by atoms with E-state index in [0.717, 1.165) is 17.2 Å². The van der Waals surface area contributed by atoms with E-state index in [2.05, 4.69) is 4.98 Å². The number of benzene rings is 2. The van der Waals surface area contributed by atoms with Crippen molar-refractivity contribution in [2.24, 2.45) is 0 Å². The van der Waals surface area contributed by atoms with Gasteiger partial charge in [-0.2, -0.15) is 0 Å². The van der Waals surface area contributed by atoms with Crippen LogP contribution < -0.4 is 5.56 Å². The van der Waals surface area contributed by atoms with Gasteiger partial charge in [0, 0.05) is 28.4 Å².